The van der Waals surface area contributed by atoms with Crippen molar-refractivity contribution in [1.29, 1.82) is 0 Å². The lowest BCUT2D eigenvalue weighted by molar-refractivity contribution is -0.113. The van der Waals surface area contributed by atoms with E-state index in [9.17, 15) is 4.79 Å². The highest BCUT2D eigenvalue weighted by atomic mass is 32.2. The van der Waals surface area contributed by atoms with Gasteiger partial charge >= 0.3 is 0 Å². The number of aromatic nitrogens is 1. The minimum Gasteiger partial charge on any atom is -0.494 e. The monoisotopic (exact) mass is 555 g/mol. The minimum atomic E-state index is -0.141. The van der Waals surface area contributed by atoms with Crippen LogP contribution < -0.4 is 9.64 Å². The number of aliphatic imine (C=N–C) groups is 1. The molecule has 0 radical (unpaired) electrons. The lowest BCUT2D eigenvalue weighted by Gasteiger charge is -2.15. The molecule has 1 aliphatic heterocycles. The predicted octanol–water partition coefficient (Wildman–Crippen LogP) is 8.25. The van der Waals surface area contributed by atoms with Crippen molar-refractivity contribution >= 4 is 73.6 Å². The Morgan fingerprint density at radius 3 is 2.61 bits per heavy atom. The molecule has 0 atom stereocenters. The SMILES string of the molecule is CCOc1ccc2nc(Sc3ccc(/C=C4\SC(=Nc5ccccc5)N(c5ccccc5)C4=O)o3)sc2c1. The number of thiazole rings is 1. The third kappa shape index (κ3) is 5.26. The van der Waals surface area contributed by atoms with E-state index in [1.54, 1.807) is 22.3 Å². The summed E-state index contributed by atoms with van der Waals surface area (Å²) >= 11 is 4.38. The van der Waals surface area contributed by atoms with Gasteiger partial charge < -0.3 is 9.15 Å². The van der Waals surface area contributed by atoms with Crippen LogP contribution in [0.5, 0.6) is 5.75 Å². The first-order chi connectivity index (χ1) is 18.7. The van der Waals surface area contributed by atoms with Crippen LogP contribution in [0.15, 0.2) is 115 Å². The quantitative estimate of drug-likeness (QED) is 0.188. The van der Waals surface area contributed by atoms with E-state index in [-0.39, 0.29) is 5.91 Å². The average molecular weight is 556 g/mol. The lowest BCUT2D eigenvalue weighted by Crippen LogP contribution is -2.28. The normalized spacial score (nSPS) is 15.7. The lowest BCUT2D eigenvalue weighted by atomic mass is 10.3. The van der Waals surface area contributed by atoms with Crippen molar-refractivity contribution in [3.05, 3.63) is 102 Å². The van der Waals surface area contributed by atoms with Crippen molar-refractivity contribution < 1.29 is 13.9 Å². The van der Waals surface area contributed by atoms with Crippen LogP contribution in [0.4, 0.5) is 11.4 Å². The number of ether oxygens (including phenoxy) is 1. The van der Waals surface area contributed by atoms with Gasteiger partial charge in [-0.25, -0.2) is 9.98 Å². The Labute approximate surface area is 232 Å². The minimum absolute atomic E-state index is 0.141. The van der Waals surface area contributed by atoms with Gasteiger partial charge in [0.1, 0.15) is 11.5 Å². The summed E-state index contributed by atoms with van der Waals surface area (Å²) in [6.07, 6.45) is 1.77. The van der Waals surface area contributed by atoms with Crippen LogP contribution in [0, 0.1) is 0 Å². The van der Waals surface area contributed by atoms with Crippen molar-refractivity contribution in [2.24, 2.45) is 4.99 Å². The van der Waals surface area contributed by atoms with Crippen LogP contribution in [-0.2, 0) is 4.79 Å². The van der Waals surface area contributed by atoms with E-state index >= 15 is 0 Å². The molecule has 0 spiro atoms. The van der Waals surface area contributed by atoms with Crippen LogP contribution in [-0.4, -0.2) is 22.7 Å². The van der Waals surface area contributed by atoms with E-state index in [1.165, 1.54) is 23.5 Å². The van der Waals surface area contributed by atoms with Crippen molar-refractivity contribution in [3.8, 4) is 5.75 Å². The summed E-state index contributed by atoms with van der Waals surface area (Å²) in [5.41, 5.74) is 2.47. The van der Waals surface area contributed by atoms with Crippen LogP contribution in [0.1, 0.15) is 12.7 Å². The number of furan rings is 1. The second-order valence-electron chi connectivity index (χ2n) is 8.12. The van der Waals surface area contributed by atoms with Gasteiger partial charge in [-0.2, -0.15) is 0 Å². The van der Waals surface area contributed by atoms with E-state index < -0.39 is 0 Å². The number of amides is 1. The molecule has 1 amide bonds. The molecule has 3 aromatic carbocycles. The fraction of sp³-hybridized carbons (Fsp3) is 0.0690. The Kier molecular flexibility index (Phi) is 7.04. The molecule has 6 nitrogen and oxygen atoms in total. The predicted molar refractivity (Wildman–Crippen MR) is 157 cm³/mol. The first kappa shape index (κ1) is 24.5. The third-order valence-electron chi connectivity index (χ3n) is 5.52. The molecule has 3 heterocycles. The summed E-state index contributed by atoms with van der Waals surface area (Å²) in [7, 11) is 0. The van der Waals surface area contributed by atoms with Gasteiger partial charge in [-0.15, -0.1) is 11.3 Å². The van der Waals surface area contributed by atoms with Crippen molar-refractivity contribution in [2.75, 3.05) is 11.5 Å². The largest absolute Gasteiger partial charge is 0.494 e. The molecule has 9 heteroatoms. The molecule has 1 fully saturated rings. The molecule has 2 aromatic heterocycles. The number of fused-ring (bicyclic) bond motifs is 1. The maximum Gasteiger partial charge on any atom is 0.271 e. The number of anilines is 1. The van der Waals surface area contributed by atoms with Crippen molar-refractivity contribution in [2.45, 2.75) is 16.4 Å². The summed E-state index contributed by atoms with van der Waals surface area (Å²) in [6, 6.07) is 28.8. The smallest absolute Gasteiger partial charge is 0.271 e. The highest BCUT2D eigenvalue weighted by Crippen LogP contribution is 2.39. The summed E-state index contributed by atoms with van der Waals surface area (Å²) in [6.45, 7) is 2.59. The second-order valence-corrected chi connectivity index (χ2v) is 11.4. The van der Waals surface area contributed by atoms with Gasteiger partial charge in [0.2, 0.25) is 0 Å². The Hall–Kier alpha value is -3.79. The first-order valence-corrected chi connectivity index (χ1v) is 14.3. The van der Waals surface area contributed by atoms with Gasteiger partial charge in [-0.05, 0) is 85.0 Å². The van der Waals surface area contributed by atoms with Crippen LogP contribution in [0.3, 0.4) is 0 Å². The zero-order chi connectivity index (χ0) is 25.9. The number of carbonyl (C=O) groups excluding carboxylic acids is 1. The van der Waals surface area contributed by atoms with Crippen LogP contribution in [0.2, 0.25) is 0 Å². The van der Waals surface area contributed by atoms with Crippen molar-refractivity contribution in [1.82, 2.24) is 4.98 Å². The molecular weight excluding hydrogens is 535 g/mol. The summed E-state index contributed by atoms with van der Waals surface area (Å²) in [5, 5.41) is 1.30. The number of hydrogen-bond donors (Lipinski definition) is 0. The molecule has 0 aliphatic carbocycles. The maximum absolute atomic E-state index is 13.5. The number of nitrogens with zero attached hydrogens (tertiary/aromatic N) is 3. The van der Waals surface area contributed by atoms with Crippen LogP contribution in [0.25, 0.3) is 16.3 Å². The Balaban J connectivity index is 1.25. The first-order valence-electron chi connectivity index (χ1n) is 11.9. The number of carbonyl (C=O) groups is 1. The highest BCUT2D eigenvalue weighted by Gasteiger charge is 2.35. The molecule has 0 N–H and O–H groups in total. The Bertz CT molecular complexity index is 1660. The highest BCUT2D eigenvalue weighted by molar-refractivity contribution is 8.19. The van der Waals surface area contributed by atoms with Gasteiger partial charge in [0, 0.05) is 6.08 Å². The molecule has 1 saturated heterocycles. The standard InChI is InChI=1S/C29H21N3O3S3/c1-2-34-21-13-15-23-24(17-21)37-29(31-23)38-26-16-14-22(35-26)18-25-27(33)32(20-11-7-4-8-12-20)28(36-25)30-19-9-5-3-6-10-19/h3-18H,2H2,1H3/b25-18-,30-28?. The molecule has 38 heavy (non-hydrogen) atoms. The van der Waals surface area contributed by atoms with E-state index in [4.69, 9.17) is 19.1 Å². The number of amidine groups is 1. The summed E-state index contributed by atoms with van der Waals surface area (Å²) in [5.74, 6) is 1.29. The van der Waals surface area contributed by atoms with E-state index in [0.717, 1.165) is 31.7 Å². The average Bonchev–Trinajstić information content (AvgIpc) is 3.63. The molecule has 0 saturated carbocycles. The number of para-hydroxylation sites is 2. The molecule has 188 valence electrons. The number of hydrogen-bond acceptors (Lipinski definition) is 8. The number of thioether (sulfide) groups is 1. The van der Waals surface area contributed by atoms with Crippen LogP contribution >= 0.6 is 34.9 Å². The molecule has 1 aliphatic rings. The third-order valence-corrected chi connectivity index (χ3v) is 8.48. The summed E-state index contributed by atoms with van der Waals surface area (Å²) in [4.78, 5) is 25.1. The Morgan fingerprint density at radius 2 is 1.82 bits per heavy atom. The van der Waals surface area contributed by atoms with E-state index in [0.29, 0.717) is 27.5 Å². The molecule has 0 unspecified atom stereocenters. The zero-order valence-electron chi connectivity index (χ0n) is 20.2. The fourth-order valence-electron chi connectivity index (χ4n) is 3.83. The number of rotatable bonds is 7. The van der Waals surface area contributed by atoms with Crippen molar-refractivity contribution in [3.63, 3.8) is 0 Å². The van der Waals surface area contributed by atoms with Gasteiger partial charge in [0.25, 0.3) is 5.91 Å². The summed E-state index contributed by atoms with van der Waals surface area (Å²) < 4.78 is 13.6. The maximum atomic E-state index is 13.5. The van der Waals surface area contributed by atoms with Gasteiger partial charge in [0.05, 0.1) is 33.1 Å². The molecule has 6 rings (SSSR count). The molecule has 5 aromatic rings. The van der Waals surface area contributed by atoms with E-state index in [2.05, 4.69) is 0 Å². The van der Waals surface area contributed by atoms with Gasteiger partial charge in [0.15, 0.2) is 14.6 Å². The Morgan fingerprint density at radius 1 is 1.03 bits per heavy atom. The fourth-order valence-corrected chi connectivity index (χ4v) is 6.81. The topological polar surface area (TPSA) is 67.9 Å². The number of benzene rings is 3. The van der Waals surface area contributed by atoms with Gasteiger partial charge in [-0.1, -0.05) is 36.4 Å². The molecular formula is C29H21N3O3S3. The molecule has 0 bridgehead atoms. The zero-order valence-corrected chi connectivity index (χ0v) is 22.7. The van der Waals surface area contributed by atoms with Gasteiger partial charge in [-0.3, -0.25) is 9.69 Å². The van der Waals surface area contributed by atoms with E-state index in [1.807, 2.05) is 97.9 Å². The second kappa shape index (κ2) is 10.9.